The second kappa shape index (κ2) is 5.78. The molecule has 9 heteroatoms. The summed E-state index contributed by atoms with van der Waals surface area (Å²) in [5, 5.41) is 13.2. The predicted molar refractivity (Wildman–Crippen MR) is 84.7 cm³/mol. The van der Waals surface area contributed by atoms with Gasteiger partial charge < -0.3 is 9.73 Å². The summed E-state index contributed by atoms with van der Waals surface area (Å²) in [7, 11) is 0. The van der Waals surface area contributed by atoms with Crippen LogP contribution in [0.4, 0.5) is 11.6 Å². The highest BCUT2D eigenvalue weighted by Gasteiger charge is 2.17. The monoisotopic (exact) mass is 335 g/mol. The van der Waals surface area contributed by atoms with Crippen molar-refractivity contribution < 1.29 is 14.1 Å². The lowest BCUT2D eigenvalue weighted by Gasteiger charge is -2.02. The minimum atomic E-state index is -0.690. The number of nitro groups is 1. The number of aromatic nitrogens is 1. The molecule has 3 rings (SSSR count). The van der Waals surface area contributed by atoms with Gasteiger partial charge in [0.15, 0.2) is 10.1 Å². The predicted octanol–water partition coefficient (Wildman–Crippen LogP) is 3.77. The molecule has 0 atom stereocenters. The smallest absolute Gasteiger partial charge is 0.395 e. The minimum Gasteiger partial charge on any atom is -0.395 e. The number of amides is 1. The van der Waals surface area contributed by atoms with Gasteiger partial charge in [0.05, 0.1) is 16.3 Å². The Kier molecular flexibility index (Phi) is 3.82. The van der Waals surface area contributed by atoms with Gasteiger partial charge >= 0.3 is 5.88 Å². The number of hydrogen-bond acceptors (Lipinski definition) is 7. The van der Waals surface area contributed by atoms with E-state index in [0.29, 0.717) is 5.69 Å². The molecule has 0 aliphatic heterocycles. The Morgan fingerprint density at radius 2 is 2.23 bits per heavy atom. The lowest BCUT2D eigenvalue weighted by Crippen LogP contribution is -2.10. The van der Waals surface area contributed by atoms with Crippen LogP contribution in [0.25, 0.3) is 10.2 Å². The van der Waals surface area contributed by atoms with E-state index >= 15 is 0 Å². The average Bonchev–Trinajstić information content (AvgIpc) is 3.13. The molecule has 1 amide bonds. The van der Waals surface area contributed by atoms with Gasteiger partial charge in [-0.1, -0.05) is 11.8 Å². The van der Waals surface area contributed by atoms with E-state index in [1.54, 1.807) is 17.8 Å². The lowest BCUT2D eigenvalue weighted by molar-refractivity contribution is -0.402. The maximum atomic E-state index is 12.0. The number of carbonyl (C=O) groups excluding carboxylic acids is 1. The van der Waals surface area contributed by atoms with Gasteiger partial charge in [-0.3, -0.25) is 14.9 Å². The fraction of sp³-hybridized carbons (Fsp3) is 0.0769. The first-order valence-corrected chi connectivity index (χ1v) is 8.11. The quantitative estimate of drug-likeness (QED) is 0.443. The van der Waals surface area contributed by atoms with Crippen molar-refractivity contribution in [1.29, 1.82) is 0 Å². The molecule has 1 N–H and O–H groups in total. The fourth-order valence-corrected chi connectivity index (χ4v) is 3.34. The van der Waals surface area contributed by atoms with Crippen LogP contribution in [0.15, 0.2) is 39.1 Å². The number of furan rings is 1. The highest BCUT2D eigenvalue weighted by molar-refractivity contribution is 8.00. The van der Waals surface area contributed by atoms with Crippen molar-refractivity contribution >= 4 is 50.8 Å². The molecule has 0 aliphatic carbocycles. The molecular weight excluding hydrogens is 326 g/mol. The van der Waals surface area contributed by atoms with Gasteiger partial charge in [-0.25, -0.2) is 4.98 Å². The van der Waals surface area contributed by atoms with Crippen LogP contribution in [0.2, 0.25) is 0 Å². The topological polar surface area (TPSA) is 98.3 Å². The first kappa shape index (κ1) is 14.5. The van der Waals surface area contributed by atoms with E-state index < -0.39 is 16.7 Å². The van der Waals surface area contributed by atoms with E-state index in [1.165, 1.54) is 17.4 Å². The zero-order valence-corrected chi connectivity index (χ0v) is 12.9. The van der Waals surface area contributed by atoms with Gasteiger partial charge in [0, 0.05) is 5.69 Å². The highest BCUT2D eigenvalue weighted by atomic mass is 32.2. The van der Waals surface area contributed by atoms with E-state index in [-0.39, 0.29) is 5.76 Å². The zero-order valence-electron chi connectivity index (χ0n) is 11.2. The van der Waals surface area contributed by atoms with Crippen molar-refractivity contribution in [3.63, 3.8) is 0 Å². The van der Waals surface area contributed by atoms with Crippen molar-refractivity contribution in [3.05, 3.63) is 46.2 Å². The van der Waals surface area contributed by atoms with Gasteiger partial charge in [0.25, 0.3) is 5.91 Å². The molecule has 2 heterocycles. The molecule has 0 saturated heterocycles. The zero-order chi connectivity index (χ0) is 15.7. The van der Waals surface area contributed by atoms with Crippen LogP contribution in [0.1, 0.15) is 10.6 Å². The van der Waals surface area contributed by atoms with Gasteiger partial charge in [0.1, 0.15) is 4.92 Å². The third-order valence-electron chi connectivity index (χ3n) is 2.80. The molecule has 0 radical (unpaired) electrons. The summed E-state index contributed by atoms with van der Waals surface area (Å²) < 4.78 is 6.76. The number of benzene rings is 1. The van der Waals surface area contributed by atoms with Crippen molar-refractivity contribution in [3.8, 4) is 0 Å². The lowest BCUT2D eigenvalue weighted by atomic mass is 10.3. The number of carbonyl (C=O) groups is 1. The van der Waals surface area contributed by atoms with Gasteiger partial charge in [-0.2, -0.15) is 0 Å². The van der Waals surface area contributed by atoms with Gasteiger partial charge in [0.2, 0.25) is 0 Å². The Morgan fingerprint density at radius 3 is 2.91 bits per heavy atom. The van der Waals surface area contributed by atoms with E-state index in [9.17, 15) is 14.9 Å². The highest BCUT2D eigenvalue weighted by Crippen LogP contribution is 2.30. The second-order valence-electron chi connectivity index (χ2n) is 4.22. The molecular formula is C13H9N3O4S2. The van der Waals surface area contributed by atoms with Crippen LogP contribution in [-0.2, 0) is 0 Å². The Balaban J connectivity index is 1.82. The normalized spacial score (nSPS) is 10.8. The Bertz CT molecular complexity index is 871. The first-order chi connectivity index (χ1) is 10.6. The molecule has 0 saturated carbocycles. The summed E-state index contributed by atoms with van der Waals surface area (Å²) >= 11 is 3.09. The van der Waals surface area contributed by atoms with Crippen molar-refractivity contribution in [2.24, 2.45) is 0 Å². The average molecular weight is 335 g/mol. The fourth-order valence-electron chi connectivity index (χ4n) is 1.81. The summed E-state index contributed by atoms with van der Waals surface area (Å²) in [6, 6.07) is 7.76. The second-order valence-corrected chi connectivity index (χ2v) is 6.30. The number of rotatable bonds is 4. The van der Waals surface area contributed by atoms with E-state index in [0.717, 1.165) is 20.6 Å². The summed E-state index contributed by atoms with van der Waals surface area (Å²) in [5.74, 6) is -1.12. The molecule has 2 aromatic heterocycles. The molecule has 0 aliphatic rings. The van der Waals surface area contributed by atoms with Crippen LogP contribution in [0, 0.1) is 10.1 Å². The molecule has 0 bridgehead atoms. The van der Waals surface area contributed by atoms with E-state index in [2.05, 4.69) is 10.3 Å². The number of fused-ring (bicyclic) bond motifs is 1. The Morgan fingerprint density at radius 1 is 1.41 bits per heavy atom. The van der Waals surface area contributed by atoms with Gasteiger partial charge in [-0.05, 0) is 30.5 Å². The third-order valence-corrected chi connectivity index (χ3v) is 4.80. The Hall–Kier alpha value is -2.39. The van der Waals surface area contributed by atoms with Gasteiger partial charge in [-0.15, -0.1) is 11.3 Å². The number of hydrogen-bond donors (Lipinski definition) is 1. The maximum absolute atomic E-state index is 12.0. The standard InChI is InChI=1S/C13H9N3O4S2/c1-21-13-15-8-3-2-7(6-10(8)22-13)14-12(17)9-4-5-11(20-9)16(18)19/h2-6H,1H3,(H,14,17). The van der Waals surface area contributed by atoms with Crippen LogP contribution in [0.5, 0.6) is 0 Å². The number of nitrogens with one attached hydrogen (secondary N) is 1. The molecule has 0 fully saturated rings. The largest absolute Gasteiger partial charge is 0.433 e. The Labute approximate surface area is 132 Å². The summed E-state index contributed by atoms with van der Waals surface area (Å²) in [5.41, 5.74) is 1.44. The number of thioether (sulfide) groups is 1. The number of nitrogens with zero attached hydrogens (tertiary/aromatic N) is 2. The third kappa shape index (κ3) is 2.81. The van der Waals surface area contributed by atoms with Crippen LogP contribution in [0.3, 0.4) is 0 Å². The number of anilines is 1. The molecule has 7 nitrogen and oxygen atoms in total. The maximum Gasteiger partial charge on any atom is 0.433 e. The summed E-state index contributed by atoms with van der Waals surface area (Å²) in [6.07, 6.45) is 1.95. The van der Waals surface area contributed by atoms with Crippen molar-refractivity contribution in [2.75, 3.05) is 11.6 Å². The van der Waals surface area contributed by atoms with E-state index in [1.807, 2.05) is 18.4 Å². The summed E-state index contributed by atoms with van der Waals surface area (Å²) in [6.45, 7) is 0. The SMILES string of the molecule is CSc1nc2ccc(NC(=O)c3ccc([N+](=O)[O-])o3)cc2s1. The summed E-state index contributed by atoms with van der Waals surface area (Å²) in [4.78, 5) is 26.3. The molecule has 1 aromatic carbocycles. The molecule has 22 heavy (non-hydrogen) atoms. The molecule has 0 spiro atoms. The van der Waals surface area contributed by atoms with E-state index in [4.69, 9.17) is 4.42 Å². The first-order valence-electron chi connectivity index (χ1n) is 6.07. The molecule has 0 unspecified atom stereocenters. The van der Waals surface area contributed by atoms with Crippen LogP contribution < -0.4 is 5.32 Å². The van der Waals surface area contributed by atoms with Crippen molar-refractivity contribution in [2.45, 2.75) is 4.34 Å². The molecule has 112 valence electrons. The van der Waals surface area contributed by atoms with Crippen LogP contribution >= 0.6 is 23.1 Å². The van der Waals surface area contributed by atoms with Crippen molar-refractivity contribution in [1.82, 2.24) is 4.98 Å². The number of thiazole rings is 1. The van der Waals surface area contributed by atoms with Crippen LogP contribution in [-0.4, -0.2) is 22.1 Å². The minimum absolute atomic E-state index is 0.110. The molecule has 3 aromatic rings.